The molecule has 1 saturated heterocycles. The Kier molecular flexibility index (Phi) is 25.7. The highest BCUT2D eigenvalue weighted by Gasteiger charge is 2.36. The van der Waals surface area contributed by atoms with Gasteiger partial charge in [-0.05, 0) is 55.2 Å². The summed E-state index contributed by atoms with van der Waals surface area (Å²) >= 11 is 0. The molecule has 0 unspecified atom stereocenters. The first kappa shape index (κ1) is 63.5. The van der Waals surface area contributed by atoms with Crippen LogP contribution in [0.1, 0.15) is 70.4 Å². The van der Waals surface area contributed by atoms with E-state index in [1.807, 2.05) is 12.1 Å². The molecule has 0 radical (unpaired) electrons. The molecule has 430 valence electrons. The van der Waals surface area contributed by atoms with Crippen LogP contribution in [0.25, 0.3) is 10.9 Å². The number of aromatic amines is 1. The zero-order chi connectivity index (χ0) is 58.2. The van der Waals surface area contributed by atoms with E-state index in [4.69, 9.17) is 33.8 Å². The van der Waals surface area contributed by atoms with Crippen LogP contribution >= 0.6 is 21.6 Å². The Morgan fingerprint density at radius 2 is 1.22 bits per heavy atom. The fourth-order valence-corrected chi connectivity index (χ4v) is 10.5. The first-order valence-corrected chi connectivity index (χ1v) is 28.0. The molecule has 0 saturated carbocycles. The SMILES string of the molecule is CC(=O)N[C@@H](CCCNC(=N)N)C(=O)N[C@H]1CSSC[C@@H](C(N)=O)NC(=O)[C@H](Cc2c[nH]c3ccccc23)NC(=O)[C@H](CCCNC(=N)N)NC(=O)[C@@H](Cc2ccccc2)NC(=O)[C@H](CCC(N)=O)NC(=O)[C@H](C(C)C)NC1=O. The van der Waals surface area contributed by atoms with Crippen LogP contribution in [0.3, 0.4) is 0 Å². The average Bonchev–Trinajstić information content (AvgIpc) is 3.82. The van der Waals surface area contributed by atoms with Gasteiger partial charge in [-0.3, -0.25) is 58.8 Å². The van der Waals surface area contributed by atoms with Gasteiger partial charge in [-0.1, -0.05) is 84.0 Å². The number of nitrogens with one attached hydrogen (secondary N) is 13. The number of rotatable bonds is 20. The molecule has 0 bridgehead atoms. The molecular formula is C50H73N17O10S2. The molecule has 0 aliphatic carbocycles. The van der Waals surface area contributed by atoms with E-state index >= 15 is 0 Å². The zero-order valence-corrected chi connectivity index (χ0v) is 45.8. The van der Waals surface area contributed by atoms with E-state index in [1.54, 1.807) is 62.5 Å². The van der Waals surface area contributed by atoms with Crippen LogP contribution in [-0.2, 0) is 60.8 Å². The fraction of sp³-hybridized carbons (Fsp3) is 0.480. The summed E-state index contributed by atoms with van der Waals surface area (Å²) in [5, 5.41) is 42.3. The van der Waals surface area contributed by atoms with Crippen LogP contribution < -0.4 is 76.1 Å². The summed E-state index contributed by atoms with van der Waals surface area (Å²) in [6, 6.07) is 4.53. The number of benzene rings is 2. The number of hydrogen-bond acceptors (Lipinski definition) is 14. The Morgan fingerprint density at radius 3 is 1.84 bits per heavy atom. The van der Waals surface area contributed by atoms with Gasteiger partial charge >= 0.3 is 0 Å². The lowest BCUT2D eigenvalue weighted by molar-refractivity contribution is -0.136. The van der Waals surface area contributed by atoms with Crippen molar-refractivity contribution in [3.05, 3.63) is 71.9 Å². The van der Waals surface area contributed by atoms with Crippen molar-refractivity contribution in [2.45, 2.75) is 120 Å². The topological polar surface area (TPSA) is 459 Å². The first-order valence-electron chi connectivity index (χ1n) is 25.5. The van der Waals surface area contributed by atoms with Crippen molar-refractivity contribution < 1.29 is 47.9 Å². The fourth-order valence-electron chi connectivity index (χ4n) is 8.21. The molecule has 10 amide bonds. The minimum Gasteiger partial charge on any atom is -0.370 e. The summed E-state index contributed by atoms with van der Waals surface area (Å²) in [7, 11) is 1.97. The van der Waals surface area contributed by atoms with E-state index < -0.39 is 120 Å². The summed E-state index contributed by atoms with van der Waals surface area (Å²) in [6.45, 7) is 4.67. The standard InChI is InChI=1S/C50H73N17O10S2/c1-26(2)40-48(77)62-34(17-18-39(51)69)44(73)63-35(21-28-11-5-4-6-12-28)45(74)61-33(16-10-20-58-50(55)56)43(72)64-36(22-29-23-59-31-14-8-7-13-30(29)31)46(75)65-37(41(52)70)24-78-79-25-38(47(76)67-40)66-42(71)32(60-27(3)68)15-9-19-57-49(53)54/h4-8,11-14,23,26,32-38,40,59H,9-10,15-22,24-25H2,1-3H3,(H2,51,69)(H2,52,70)(H,60,68)(H,61,74)(H,62,77)(H,63,73)(H,64,72)(H,65,75)(H,66,71)(H,67,76)(H4,53,54,57)(H4,55,56,58)/t32-,33-,34-,35+,36-,37-,38-,40-/m0/s1. The number of aromatic nitrogens is 1. The van der Waals surface area contributed by atoms with Gasteiger partial charge in [0.25, 0.3) is 0 Å². The van der Waals surface area contributed by atoms with Crippen LogP contribution in [0.4, 0.5) is 0 Å². The van der Waals surface area contributed by atoms with Gasteiger partial charge in [-0.25, -0.2) is 0 Å². The van der Waals surface area contributed by atoms with E-state index in [9.17, 15) is 47.9 Å². The van der Waals surface area contributed by atoms with E-state index in [1.165, 1.54) is 6.92 Å². The Labute approximate surface area is 464 Å². The highest BCUT2D eigenvalue weighted by molar-refractivity contribution is 8.76. The van der Waals surface area contributed by atoms with Crippen molar-refractivity contribution in [3.63, 3.8) is 0 Å². The number of para-hydroxylation sites is 1. The van der Waals surface area contributed by atoms with Crippen molar-refractivity contribution in [1.29, 1.82) is 10.8 Å². The van der Waals surface area contributed by atoms with Gasteiger partial charge in [0.05, 0.1) is 0 Å². The molecule has 0 spiro atoms. The Bertz CT molecular complexity index is 2660. The van der Waals surface area contributed by atoms with Gasteiger partial charge < -0.3 is 81.1 Å². The van der Waals surface area contributed by atoms with Gasteiger partial charge in [0.1, 0.15) is 48.3 Å². The molecular weight excluding hydrogens is 1060 g/mol. The van der Waals surface area contributed by atoms with Crippen molar-refractivity contribution in [2.24, 2.45) is 28.9 Å². The van der Waals surface area contributed by atoms with Crippen molar-refractivity contribution >= 4 is 103 Å². The summed E-state index contributed by atoms with van der Waals surface area (Å²) < 4.78 is 0. The Morgan fingerprint density at radius 1 is 0.658 bits per heavy atom. The lowest BCUT2D eigenvalue weighted by atomic mass is 10.0. The molecule has 1 aliphatic heterocycles. The van der Waals surface area contributed by atoms with E-state index in [0.717, 1.165) is 32.5 Å². The maximum atomic E-state index is 14.6. The summed E-state index contributed by atoms with van der Waals surface area (Å²) in [6.07, 6.45) is 0.980. The molecule has 2 heterocycles. The third-order valence-corrected chi connectivity index (χ3v) is 14.8. The van der Waals surface area contributed by atoms with Gasteiger partial charge in [0.15, 0.2) is 11.9 Å². The number of carbonyl (C=O) groups is 10. The van der Waals surface area contributed by atoms with Gasteiger partial charge in [-0.15, -0.1) is 0 Å². The number of fused-ring (bicyclic) bond motifs is 1. The number of carbonyl (C=O) groups excluding carboxylic acids is 10. The predicted molar refractivity (Wildman–Crippen MR) is 299 cm³/mol. The summed E-state index contributed by atoms with van der Waals surface area (Å²) in [5.74, 6) is -10.2. The average molecular weight is 1140 g/mol. The monoisotopic (exact) mass is 1140 g/mol. The van der Waals surface area contributed by atoms with Gasteiger partial charge in [-0.2, -0.15) is 0 Å². The van der Waals surface area contributed by atoms with E-state index in [2.05, 4.69) is 58.2 Å². The first-order chi connectivity index (χ1) is 37.5. The van der Waals surface area contributed by atoms with Crippen LogP contribution in [0.2, 0.25) is 0 Å². The third-order valence-electron chi connectivity index (χ3n) is 12.3. The lowest BCUT2D eigenvalue weighted by Crippen LogP contribution is -2.61. The molecule has 1 aliphatic rings. The van der Waals surface area contributed by atoms with Crippen LogP contribution in [0, 0.1) is 16.7 Å². The number of nitrogens with two attached hydrogens (primary N) is 4. The number of primary amides is 2. The predicted octanol–water partition coefficient (Wildman–Crippen LogP) is -2.82. The number of hydrogen-bond donors (Lipinski definition) is 17. The molecule has 21 N–H and O–H groups in total. The lowest BCUT2D eigenvalue weighted by Gasteiger charge is -2.29. The summed E-state index contributed by atoms with van der Waals surface area (Å²) in [5.41, 5.74) is 24.2. The molecule has 27 nitrogen and oxygen atoms in total. The zero-order valence-electron chi connectivity index (χ0n) is 44.2. The van der Waals surface area contributed by atoms with Crippen LogP contribution in [0.5, 0.6) is 0 Å². The normalized spacial score (nSPS) is 21.6. The molecule has 4 rings (SSSR count). The number of amides is 10. The largest absolute Gasteiger partial charge is 0.370 e. The van der Waals surface area contributed by atoms with Gasteiger partial charge in [0.2, 0.25) is 59.1 Å². The van der Waals surface area contributed by atoms with Crippen molar-refractivity contribution in [2.75, 3.05) is 24.6 Å². The summed E-state index contributed by atoms with van der Waals surface area (Å²) in [4.78, 5) is 141. The quantitative estimate of drug-likeness (QED) is 0.0235. The molecule has 29 heteroatoms. The van der Waals surface area contributed by atoms with Crippen LogP contribution in [-0.4, -0.2) is 149 Å². The minimum atomic E-state index is -1.54. The minimum absolute atomic E-state index is 0.0442. The smallest absolute Gasteiger partial charge is 0.244 e. The molecule has 79 heavy (non-hydrogen) atoms. The highest BCUT2D eigenvalue weighted by atomic mass is 33.1. The molecule has 3 aromatic rings. The van der Waals surface area contributed by atoms with E-state index in [-0.39, 0.29) is 81.5 Å². The molecule has 1 fully saturated rings. The molecule has 2 aromatic carbocycles. The Hall–Kier alpha value is -8.08. The van der Waals surface area contributed by atoms with Crippen molar-refractivity contribution in [1.82, 2.24) is 58.2 Å². The number of guanidine groups is 2. The Balaban J connectivity index is 1.82. The van der Waals surface area contributed by atoms with Gasteiger partial charge in [0, 0.05) is 67.9 Å². The second-order valence-electron chi connectivity index (χ2n) is 19.0. The maximum absolute atomic E-state index is 14.6. The second-order valence-corrected chi connectivity index (χ2v) is 21.6. The third kappa shape index (κ3) is 21.7. The van der Waals surface area contributed by atoms with Crippen molar-refractivity contribution in [3.8, 4) is 0 Å². The van der Waals surface area contributed by atoms with Crippen LogP contribution in [0.15, 0.2) is 60.8 Å². The maximum Gasteiger partial charge on any atom is 0.244 e. The highest BCUT2D eigenvalue weighted by Crippen LogP contribution is 2.24. The second kappa shape index (κ2) is 32.0. The molecule has 8 atom stereocenters. The molecule has 1 aromatic heterocycles. The number of H-pyrrole nitrogens is 1. The van der Waals surface area contributed by atoms with E-state index in [0.29, 0.717) is 11.1 Å².